The van der Waals surface area contributed by atoms with Crippen LogP contribution in [-0.4, -0.2) is 35.0 Å². The van der Waals surface area contributed by atoms with Crippen molar-refractivity contribution in [3.8, 4) is 6.07 Å². The zero-order valence-electron chi connectivity index (χ0n) is 10.3. The topological polar surface area (TPSA) is 105 Å². The first-order valence-corrected chi connectivity index (χ1v) is 5.81. The minimum Gasteiger partial charge on any atom is -0.466 e. The molecule has 0 saturated carbocycles. The fraction of sp³-hybridized carbons (Fsp3) is 0.417. The minimum absolute atomic E-state index is 0.0819. The number of amides is 1. The summed E-state index contributed by atoms with van der Waals surface area (Å²) in [4.78, 5) is 30.4. The SMILES string of the molecule is N#CCCCOC(=O)CCNC(=O)c1cnccn1. The summed E-state index contributed by atoms with van der Waals surface area (Å²) < 4.78 is 4.86. The Morgan fingerprint density at radius 3 is 2.95 bits per heavy atom. The van der Waals surface area contributed by atoms with Gasteiger partial charge in [0.05, 0.1) is 25.3 Å². The summed E-state index contributed by atoms with van der Waals surface area (Å²) in [5.41, 5.74) is 0.199. The molecule has 0 unspecified atom stereocenters. The first-order valence-electron chi connectivity index (χ1n) is 5.81. The van der Waals surface area contributed by atoms with Gasteiger partial charge in [-0.1, -0.05) is 0 Å². The Labute approximate surface area is 110 Å². The standard InChI is InChI=1S/C12H14N4O3/c13-4-1-2-8-19-11(17)3-5-16-12(18)10-9-14-6-7-15-10/h6-7,9H,1-3,5,8H2,(H,16,18). The second kappa shape index (κ2) is 8.58. The number of ether oxygens (including phenoxy) is 1. The predicted molar refractivity (Wildman–Crippen MR) is 64.8 cm³/mol. The first kappa shape index (κ1) is 14.6. The summed E-state index contributed by atoms with van der Waals surface area (Å²) in [6.07, 6.45) is 5.19. The lowest BCUT2D eigenvalue weighted by atomic mass is 10.3. The van der Waals surface area contributed by atoms with Crippen LogP contribution in [-0.2, 0) is 9.53 Å². The van der Waals surface area contributed by atoms with Crippen LogP contribution in [0.4, 0.5) is 0 Å². The lowest BCUT2D eigenvalue weighted by Crippen LogP contribution is -2.27. The Morgan fingerprint density at radius 1 is 1.42 bits per heavy atom. The number of hydrogen-bond acceptors (Lipinski definition) is 6. The van der Waals surface area contributed by atoms with Gasteiger partial charge in [0, 0.05) is 25.4 Å². The van der Waals surface area contributed by atoms with Crippen LogP contribution in [0.2, 0.25) is 0 Å². The van der Waals surface area contributed by atoms with Crippen molar-refractivity contribution >= 4 is 11.9 Å². The molecule has 0 atom stereocenters. The van der Waals surface area contributed by atoms with Gasteiger partial charge in [0.15, 0.2) is 0 Å². The normalized spacial score (nSPS) is 9.42. The summed E-state index contributed by atoms with van der Waals surface area (Å²) in [7, 11) is 0. The van der Waals surface area contributed by atoms with Crippen molar-refractivity contribution in [2.75, 3.05) is 13.2 Å². The van der Waals surface area contributed by atoms with Crippen molar-refractivity contribution in [2.24, 2.45) is 0 Å². The second-order valence-electron chi connectivity index (χ2n) is 3.58. The summed E-state index contributed by atoms with van der Waals surface area (Å²) in [6.45, 7) is 0.400. The molecule has 19 heavy (non-hydrogen) atoms. The van der Waals surface area contributed by atoms with Gasteiger partial charge in [0.2, 0.25) is 0 Å². The largest absolute Gasteiger partial charge is 0.466 e. The van der Waals surface area contributed by atoms with Crippen LogP contribution < -0.4 is 5.32 Å². The molecule has 0 aliphatic rings. The summed E-state index contributed by atoms with van der Waals surface area (Å²) >= 11 is 0. The monoisotopic (exact) mass is 262 g/mol. The Hall–Kier alpha value is -2.49. The minimum atomic E-state index is -0.405. The van der Waals surface area contributed by atoms with Crippen LogP contribution in [0, 0.1) is 11.3 Å². The van der Waals surface area contributed by atoms with Crippen molar-refractivity contribution in [1.82, 2.24) is 15.3 Å². The zero-order chi connectivity index (χ0) is 13.9. The van der Waals surface area contributed by atoms with E-state index < -0.39 is 5.97 Å². The molecule has 0 aliphatic heterocycles. The van der Waals surface area contributed by atoms with E-state index in [2.05, 4.69) is 15.3 Å². The van der Waals surface area contributed by atoms with E-state index in [0.717, 1.165) is 0 Å². The van der Waals surface area contributed by atoms with Gasteiger partial charge in [-0.2, -0.15) is 5.26 Å². The van der Waals surface area contributed by atoms with Crippen LogP contribution in [0.5, 0.6) is 0 Å². The molecule has 1 aromatic rings. The maximum atomic E-state index is 11.5. The number of nitrogens with one attached hydrogen (secondary N) is 1. The number of nitriles is 1. The smallest absolute Gasteiger partial charge is 0.307 e. The molecule has 1 aromatic heterocycles. The fourth-order valence-corrected chi connectivity index (χ4v) is 1.19. The molecule has 0 fully saturated rings. The van der Waals surface area contributed by atoms with Crippen LogP contribution in [0.1, 0.15) is 29.8 Å². The number of rotatable bonds is 7. The quantitative estimate of drug-likeness (QED) is 0.564. The molecular weight excluding hydrogens is 248 g/mol. The molecule has 0 aliphatic carbocycles. The first-order chi connectivity index (χ1) is 9.24. The highest BCUT2D eigenvalue weighted by atomic mass is 16.5. The van der Waals surface area contributed by atoms with E-state index >= 15 is 0 Å². The molecule has 0 bridgehead atoms. The van der Waals surface area contributed by atoms with Gasteiger partial charge < -0.3 is 10.1 Å². The molecular formula is C12H14N4O3. The zero-order valence-corrected chi connectivity index (χ0v) is 10.3. The van der Waals surface area contributed by atoms with Crippen LogP contribution in [0.3, 0.4) is 0 Å². The molecule has 0 radical (unpaired) electrons. The van der Waals surface area contributed by atoms with Gasteiger partial charge in [-0.25, -0.2) is 4.98 Å². The van der Waals surface area contributed by atoms with E-state index in [1.54, 1.807) is 0 Å². The molecule has 1 N–H and O–H groups in total. The van der Waals surface area contributed by atoms with Gasteiger partial charge >= 0.3 is 5.97 Å². The summed E-state index contributed by atoms with van der Waals surface area (Å²) in [5.74, 6) is -0.789. The molecule has 0 aromatic carbocycles. The van der Waals surface area contributed by atoms with Crippen LogP contribution >= 0.6 is 0 Å². The van der Waals surface area contributed by atoms with Crippen molar-refractivity contribution < 1.29 is 14.3 Å². The molecule has 1 heterocycles. The number of nitrogens with zero attached hydrogens (tertiary/aromatic N) is 3. The van der Waals surface area contributed by atoms with Crippen LogP contribution in [0.25, 0.3) is 0 Å². The van der Waals surface area contributed by atoms with Crippen molar-refractivity contribution in [3.63, 3.8) is 0 Å². The predicted octanol–water partition coefficient (Wildman–Crippen LogP) is 0.443. The maximum Gasteiger partial charge on any atom is 0.307 e. The van der Waals surface area contributed by atoms with E-state index in [9.17, 15) is 9.59 Å². The van der Waals surface area contributed by atoms with Gasteiger partial charge in [-0.15, -0.1) is 0 Å². The number of esters is 1. The molecule has 0 saturated heterocycles. The lowest BCUT2D eigenvalue weighted by Gasteiger charge is -2.05. The van der Waals surface area contributed by atoms with Gasteiger partial charge in [-0.3, -0.25) is 14.6 Å². The molecule has 1 rings (SSSR count). The summed E-state index contributed by atoms with van der Waals surface area (Å²) in [5, 5.41) is 10.8. The average Bonchev–Trinajstić information content (AvgIpc) is 2.44. The van der Waals surface area contributed by atoms with Crippen molar-refractivity contribution in [2.45, 2.75) is 19.3 Å². The Balaban J connectivity index is 2.15. The third-order valence-electron chi connectivity index (χ3n) is 2.11. The number of carbonyl (C=O) groups excluding carboxylic acids is 2. The Bertz CT molecular complexity index is 456. The van der Waals surface area contributed by atoms with E-state index in [1.165, 1.54) is 18.6 Å². The number of hydrogen-bond donors (Lipinski definition) is 1. The van der Waals surface area contributed by atoms with E-state index in [4.69, 9.17) is 10.00 Å². The Kier molecular flexibility index (Phi) is 6.58. The van der Waals surface area contributed by atoms with Gasteiger partial charge in [-0.05, 0) is 6.42 Å². The molecule has 7 nitrogen and oxygen atoms in total. The summed E-state index contributed by atoms with van der Waals surface area (Å²) in [6, 6.07) is 1.96. The molecule has 1 amide bonds. The molecule has 7 heteroatoms. The second-order valence-corrected chi connectivity index (χ2v) is 3.58. The van der Waals surface area contributed by atoms with Gasteiger partial charge in [0.25, 0.3) is 5.91 Å². The molecule has 0 spiro atoms. The number of carbonyl (C=O) groups is 2. The highest BCUT2D eigenvalue weighted by molar-refractivity contribution is 5.92. The maximum absolute atomic E-state index is 11.5. The van der Waals surface area contributed by atoms with Gasteiger partial charge in [0.1, 0.15) is 5.69 Å². The third kappa shape index (κ3) is 6.12. The fourth-order valence-electron chi connectivity index (χ4n) is 1.19. The van der Waals surface area contributed by atoms with Crippen molar-refractivity contribution in [3.05, 3.63) is 24.3 Å². The van der Waals surface area contributed by atoms with E-state index in [0.29, 0.717) is 12.8 Å². The number of unbranched alkanes of at least 4 members (excludes halogenated alkanes) is 1. The Morgan fingerprint density at radius 2 is 2.26 bits per heavy atom. The molecule has 100 valence electrons. The average molecular weight is 262 g/mol. The third-order valence-corrected chi connectivity index (χ3v) is 2.11. The van der Waals surface area contributed by atoms with Crippen molar-refractivity contribution in [1.29, 1.82) is 5.26 Å². The van der Waals surface area contributed by atoms with E-state index in [-0.39, 0.29) is 31.2 Å². The lowest BCUT2D eigenvalue weighted by molar-refractivity contribution is -0.143. The van der Waals surface area contributed by atoms with E-state index in [1.807, 2.05) is 6.07 Å². The highest BCUT2D eigenvalue weighted by Gasteiger charge is 2.08. The highest BCUT2D eigenvalue weighted by Crippen LogP contribution is 1.93. The van der Waals surface area contributed by atoms with Crippen LogP contribution in [0.15, 0.2) is 18.6 Å². The number of aromatic nitrogens is 2.